The highest BCUT2D eigenvalue weighted by Gasteiger charge is 2.34. The number of rotatable bonds is 6. The van der Waals surface area contributed by atoms with Gasteiger partial charge in [-0.15, -0.1) is 0 Å². The first-order chi connectivity index (χ1) is 13.7. The van der Waals surface area contributed by atoms with Crippen molar-refractivity contribution in [2.75, 3.05) is 6.61 Å². The van der Waals surface area contributed by atoms with E-state index in [1.54, 1.807) is 24.3 Å². The van der Waals surface area contributed by atoms with Gasteiger partial charge in [-0.1, -0.05) is 29.8 Å². The molecule has 3 rings (SSSR count). The minimum atomic E-state index is -4.62. The summed E-state index contributed by atoms with van der Waals surface area (Å²) in [6.45, 7) is 1.78. The van der Waals surface area contributed by atoms with E-state index >= 15 is 0 Å². The Labute approximate surface area is 168 Å². The Morgan fingerprint density at radius 2 is 1.90 bits per heavy atom. The maximum atomic E-state index is 13.2. The van der Waals surface area contributed by atoms with Gasteiger partial charge in [0, 0.05) is 12.5 Å². The summed E-state index contributed by atoms with van der Waals surface area (Å²) in [5, 5.41) is 11.4. The molecular formula is C19H15ClF3N3O3. The van der Waals surface area contributed by atoms with Crippen molar-refractivity contribution in [3.8, 4) is 17.0 Å². The summed E-state index contributed by atoms with van der Waals surface area (Å²) in [5.41, 5.74) is -1.18. The smallest absolute Gasteiger partial charge is 0.416 e. The zero-order valence-corrected chi connectivity index (χ0v) is 15.9. The normalized spacial score (nSPS) is 11.5. The Kier molecular flexibility index (Phi) is 5.78. The van der Waals surface area contributed by atoms with Gasteiger partial charge in [-0.05, 0) is 40.2 Å². The summed E-state index contributed by atoms with van der Waals surface area (Å²) in [6.07, 6.45) is -4.62. The molecule has 3 aromatic rings. The van der Waals surface area contributed by atoms with Crippen molar-refractivity contribution in [3.05, 3.63) is 75.1 Å². The molecule has 0 amide bonds. The van der Waals surface area contributed by atoms with Crippen LogP contribution in [0.4, 0.5) is 19.0 Å². The van der Waals surface area contributed by atoms with Crippen LogP contribution < -0.4 is 4.74 Å². The third-order valence-electron chi connectivity index (χ3n) is 4.19. The van der Waals surface area contributed by atoms with Gasteiger partial charge in [0.2, 0.25) is 5.82 Å². The van der Waals surface area contributed by atoms with Crippen LogP contribution in [0.25, 0.3) is 11.3 Å². The van der Waals surface area contributed by atoms with Crippen LogP contribution in [-0.2, 0) is 12.7 Å². The molecule has 1 heterocycles. The Morgan fingerprint density at radius 3 is 2.52 bits per heavy atom. The second kappa shape index (κ2) is 8.12. The van der Waals surface area contributed by atoms with Crippen molar-refractivity contribution in [3.63, 3.8) is 0 Å². The van der Waals surface area contributed by atoms with Crippen LogP contribution >= 0.6 is 11.6 Å². The molecule has 0 aliphatic rings. The van der Waals surface area contributed by atoms with Gasteiger partial charge in [0.1, 0.15) is 12.4 Å². The van der Waals surface area contributed by atoms with E-state index in [-0.39, 0.29) is 35.3 Å². The van der Waals surface area contributed by atoms with Crippen molar-refractivity contribution < 1.29 is 22.8 Å². The van der Waals surface area contributed by atoms with Gasteiger partial charge in [0.25, 0.3) is 0 Å². The van der Waals surface area contributed by atoms with Gasteiger partial charge in [0.15, 0.2) is 5.69 Å². The molecule has 10 heteroatoms. The van der Waals surface area contributed by atoms with E-state index < -0.39 is 22.5 Å². The summed E-state index contributed by atoms with van der Waals surface area (Å²) < 4.78 is 46.5. The summed E-state index contributed by atoms with van der Waals surface area (Å²) in [6, 6.07) is 11.6. The molecule has 2 aromatic carbocycles. The van der Waals surface area contributed by atoms with Crippen LogP contribution in [0, 0.1) is 17.0 Å². The first-order valence-electron chi connectivity index (χ1n) is 8.45. The molecule has 152 valence electrons. The summed E-state index contributed by atoms with van der Waals surface area (Å²) >= 11 is 6.11. The number of halogens is 4. The van der Waals surface area contributed by atoms with Gasteiger partial charge >= 0.3 is 12.0 Å². The predicted molar refractivity (Wildman–Crippen MR) is 101 cm³/mol. The van der Waals surface area contributed by atoms with Gasteiger partial charge in [0.05, 0.1) is 17.1 Å². The van der Waals surface area contributed by atoms with E-state index in [0.717, 1.165) is 18.2 Å². The minimum absolute atomic E-state index is 0.0498. The van der Waals surface area contributed by atoms with E-state index in [1.165, 1.54) is 11.5 Å². The Hall–Kier alpha value is -3.07. The van der Waals surface area contributed by atoms with E-state index in [4.69, 9.17) is 16.3 Å². The van der Waals surface area contributed by atoms with Gasteiger partial charge in [-0.25, -0.2) is 0 Å². The van der Waals surface area contributed by atoms with Crippen molar-refractivity contribution in [2.24, 2.45) is 0 Å². The maximum absolute atomic E-state index is 13.2. The fraction of sp³-hybridized carbons (Fsp3) is 0.211. The number of nitro groups is 1. The van der Waals surface area contributed by atoms with Crippen molar-refractivity contribution in [2.45, 2.75) is 19.6 Å². The predicted octanol–water partition coefficient (Wildman–Crippen LogP) is 5.52. The fourth-order valence-corrected chi connectivity index (χ4v) is 3.08. The van der Waals surface area contributed by atoms with E-state index in [2.05, 4.69) is 4.98 Å². The van der Waals surface area contributed by atoms with Crippen molar-refractivity contribution >= 4 is 17.4 Å². The molecule has 0 atom stereocenters. The zero-order valence-electron chi connectivity index (χ0n) is 15.1. The van der Waals surface area contributed by atoms with Crippen LogP contribution in [0.2, 0.25) is 5.02 Å². The molecule has 0 bridgehead atoms. The third kappa shape index (κ3) is 4.51. The van der Waals surface area contributed by atoms with Crippen LogP contribution in [0.15, 0.2) is 48.5 Å². The number of alkyl halides is 3. The van der Waals surface area contributed by atoms with Crippen molar-refractivity contribution in [1.29, 1.82) is 0 Å². The number of imidazole rings is 1. The highest BCUT2D eigenvalue weighted by molar-refractivity contribution is 6.33. The average molecular weight is 426 g/mol. The second-order valence-corrected chi connectivity index (χ2v) is 6.50. The molecular weight excluding hydrogens is 411 g/mol. The molecule has 29 heavy (non-hydrogen) atoms. The topological polar surface area (TPSA) is 70.2 Å². The van der Waals surface area contributed by atoms with Gasteiger partial charge in [-0.2, -0.15) is 13.2 Å². The summed E-state index contributed by atoms with van der Waals surface area (Å²) in [7, 11) is 0. The highest BCUT2D eigenvalue weighted by Crippen LogP contribution is 2.39. The number of aryl methyl sites for hydroxylation is 1. The third-order valence-corrected chi connectivity index (χ3v) is 4.52. The number of nitrogens with zero attached hydrogens (tertiary/aromatic N) is 3. The Bertz CT molecular complexity index is 1040. The SMILES string of the molecule is Cc1nc([N+](=O)[O-])c(-c2cc(C(F)(F)F)ccc2Cl)n1CCOc1ccccc1. The molecule has 0 saturated heterocycles. The van der Waals surface area contributed by atoms with Crippen LogP contribution in [0.1, 0.15) is 11.4 Å². The number of benzene rings is 2. The molecule has 6 nitrogen and oxygen atoms in total. The lowest BCUT2D eigenvalue weighted by molar-refractivity contribution is -0.388. The standard InChI is InChI=1S/C19H15ClF3N3O3/c1-12-24-18(26(27)28)17(15-11-13(19(21,22)23)7-8-16(15)20)25(12)9-10-29-14-5-3-2-4-6-14/h2-8,11H,9-10H2,1H3. The fourth-order valence-electron chi connectivity index (χ4n) is 2.87. The van der Waals surface area contributed by atoms with E-state index in [1.807, 2.05) is 6.07 Å². The highest BCUT2D eigenvalue weighted by atomic mass is 35.5. The Balaban J connectivity index is 2.02. The lowest BCUT2D eigenvalue weighted by Gasteiger charge is -2.13. The molecule has 0 saturated carbocycles. The van der Waals surface area contributed by atoms with Gasteiger partial charge < -0.3 is 14.9 Å². The molecule has 0 unspecified atom stereocenters. The molecule has 0 fully saturated rings. The lowest BCUT2D eigenvalue weighted by Crippen LogP contribution is -2.12. The molecule has 0 radical (unpaired) electrons. The minimum Gasteiger partial charge on any atom is -0.492 e. The van der Waals surface area contributed by atoms with Crippen LogP contribution in [0.3, 0.4) is 0 Å². The maximum Gasteiger partial charge on any atom is 0.416 e. The first-order valence-corrected chi connectivity index (χ1v) is 8.82. The Morgan fingerprint density at radius 1 is 1.21 bits per heavy atom. The van der Waals surface area contributed by atoms with Crippen LogP contribution in [-0.4, -0.2) is 21.1 Å². The number of hydrogen-bond donors (Lipinski definition) is 0. The molecule has 1 aromatic heterocycles. The molecule has 0 aliphatic heterocycles. The number of ether oxygens (including phenoxy) is 1. The van der Waals surface area contributed by atoms with Crippen molar-refractivity contribution in [1.82, 2.24) is 9.55 Å². The molecule has 0 spiro atoms. The van der Waals surface area contributed by atoms with E-state index in [9.17, 15) is 23.3 Å². The average Bonchev–Trinajstić information content (AvgIpc) is 2.99. The monoisotopic (exact) mass is 425 g/mol. The summed E-state index contributed by atoms with van der Waals surface area (Å²) in [5.74, 6) is 0.290. The number of para-hydroxylation sites is 1. The van der Waals surface area contributed by atoms with Gasteiger partial charge in [-0.3, -0.25) is 4.57 Å². The zero-order chi connectivity index (χ0) is 21.2. The summed E-state index contributed by atoms with van der Waals surface area (Å²) in [4.78, 5) is 14.7. The van der Waals surface area contributed by atoms with E-state index in [0.29, 0.717) is 5.75 Å². The number of aromatic nitrogens is 2. The first kappa shape index (κ1) is 20.7. The number of hydrogen-bond acceptors (Lipinski definition) is 4. The molecule has 0 N–H and O–H groups in total. The lowest BCUT2D eigenvalue weighted by atomic mass is 10.1. The molecule has 0 aliphatic carbocycles. The second-order valence-electron chi connectivity index (χ2n) is 6.09. The van der Waals surface area contributed by atoms with Crippen LogP contribution in [0.5, 0.6) is 5.75 Å². The quantitative estimate of drug-likeness (QED) is 0.385. The largest absolute Gasteiger partial charge is 0.492 e.